The molecule has 20 heavy (non-hydrogen) atoms. The summed E-state index contributed by atoms with van der Waals surface area (Å²) in [6, 6.07) is 0. The summed E-state index contributed by atoms with van der Waals surface area (Å²) in [7, 11) is 0. The second-order valence-corrected chi connectivity index (χ2v) is 5.22. The molecule has 0 unspecified atom stereocenters. The van der Waals surface area contributed by atoms with Crippen molar-refractivity contribution in [1.29, 1.82) is 0 Å². The largest absolute Gasteiger partial charge is 0.513 e. The molecule has 1 amide bonds. The van der Waals surface area contributed by atoms with Gasteiger partial charge in [-0.3, -0.25) is 4.79 Å². The minimum atomic E-state index is -0.547. The average molecular weight is 278 g/mol. The van der Waals surface area contributed by atoms with E-state index in [9.17, 15) is 9.90 Å². The number of nitrogens with zero attached hydrogens (tertiary/aromatic N) is 1. The van der Waals surface area contributed by atoms with Gasteiger partial charge in [-0.05, 0) is 51.3 Å². The predicted octanol–water partition coefficient (Wildman–Crippen LogP) is 2.39. The molecule has 0 radical (unpaired) electrons. The number of aliphatic hydroxyl groups excluding tert-OH is 1. The van der Waals surface area contributed by atoms with Crippen LogP contribution in [-0.2, 0) is 4.79 Å². The lowest BCUT2D eigenvalue weighted by atomic mass is 9.90. The van der Waals surface area contributed by atoms with E-state index in [1.165, 1.54) is 0 Å². The fraction of sp³-hybridized carbons (Fsp3) is 0.562. The van der Waals surface area contributed by atoms with E-state index < -0.39 is 5.41 Å². The molecule has 1 fully saturated rings. The lowest BCUT2D eigenvalue weighted by Crippen LogP contribution is -2.39. The van der Waals surface area contributed by atoms with E-state index in [-0.39, 0.29) is 17.6 Å². The molecule has 2 atom stereocenters. The quantitative estimate of drug-likeness (QED) is 0.555. The molecule has 0 saturated heterocycles. The minimum Gasteiger partial charge on any atom is -0.513 e. The summed E-state index contributed by atoms with van der Waals surface area (Å²) in [5.74, 6) is 0.486. The number of hydrogen-bond donors (Lipinski definition) is 2. The van der Waals surface area contributed by atoms with Crippen molar-refractivity contribution in [3.05, 3.63) is 36.1 Å². The Bertz CT molecular complexity index is 432. The summed E-state index contributed by atoms with van der Waals surface area (Å²) in [6.07, 6.45) is 5.84. The van der Waals surface area contributed by atoms with Gasteiger partial charge in [-0.2, -0.15) is 0 Å². The molecule has 1 rings (SSSR count). The molecular formula is C16H26N2O2. The molecular weight excluding hydrogens is 252 g/mol. The summed E-state index contributed by atoms with van der Waals surface area (Å²) in [5, 5.41) is 9.31. The number of allylic oxidation sites excluding steroid dienone is 4. The first-order chi connectivity index (χ1) is 9.47. The van der Waals surface area contributed by atoms with Crippen LogP contribution in [0.5, 0.6) is 0 Å². The number of carbonyl (C=O) groups is 1. The van der Waals surface area contributed by atoms with Gasteiger partial charge < -0.3 is 15.7 Å². The maximum Gasteiger partial charge on any atom is 0.233 e. The van der Waals surface area contributed by atoms with Crippen LogP contribution in [0.25, 0.3) is 0 Å². The Hall–Kier alpha value is -1.55. The van der Waals surface area contributed by atoms with Gasteiger partial charge in [-0.1, -0.05) is 18.7 Å². The first-order valence-electron chi connectivity index (χ1n) is 7.17. The van der Waals surface area contributed by atoms with Crippen molar-refractivity contribution in [3.8, 4) is 0 Å². The first-order valence-corrected chi connectivity index (χ1v) is 7.17. The van der Waals surface area contributed by atoms with Crippen molar-refractivity contribution < 1.29 is 9.90 Å². The number of aliphatic hydroxyl groups is 1. The number of nitrogens with two attached hydrogens (primary N) is 1. The molecule has 3 N–H and O–H groups in total. The Kier molecular flexibility index (Phi) is 5.57. The molecule has 0 aromatic heterocycles. The fourth-order valence-electron chi connectivity index (χ4n) is 2.76. The molecule has 0 spiro atoms. The standard InChI is InChI=1S/C16H26N2O2/c1-5-13(9-8-12(4)19)16(10-14(16)11-17)15(20)18(6-2)7-3/h5,8-9,14,19H,1,6-7,10-11,17H2,2-4H3/b12-8+,13-9+/t14-,16-/m0/s1. The van der Waals surface area contributed by atoms with E-state index >= 15 is 0 Å². The zero-order chi connectivity index (χ0) is 15.3. The van der Waals surface area contributed by atoms with Crippen LogP contribution in [0.2, 0.25) is 0 Å². The Balaban J connectivity index is 3.16. The average Bonchev–Trinajstić information content (AvgIpc) is 3.16. The highest BCUT2D eigenvalue weighted by molar-refractivity contribution is 5.90. The SMILES string of the molecule is C=C/C(=C\C=C(/C)O)[C@@]1(C(=O)N(CC)CC)C[C@H]1CN. The van der Waals surface area contributed by atoms with E-state index in [1.807, 2.05) is 18.7 Å². The van der Waals surface area contributed by atoms with Crippen LogP contribution < -0.4 is 5.73 Å². The van der Waals surface area contributed by atoms with Crippen molar-refractivity contribution >= 4 is 5.91 Å². The molecule has 1 aliphatic rings. The van der Waals surface area contributed by atoms with Crippen molar-refractivity contribution in [3.63, 3.8) is 0 Å². The monoisotopic (exact) mass is 278 g/mol. The van der Waals surface area contributed by atoms with Gasteiger partial charge in [0.1, 0.15) is 0 Å². The molecule has 1 aliphatic carbocycles. The van der Waals surface area contributed by atoms with Crippen LogP contribution in [0, 0.1) is 11.3 Å². The van der Waals surface area contributed by atoms with Crippen LogP contribution in [0.4, 0.5) is 0 Å². The molecule has 112 valence electrons. The number of rotatable bonds is 7. The molecule has 4 heteroatoms. The Morgan fingerprint density at radius 2 is 2.05 bits per heavy atom. The summed E-state index contributed by atoms with van der Waals surface area (Å²) in [4.78, 5) is 14.6. The van der Waals surface area contributed by atoms with E-state index in [4.69, 9.17) is 5.73 Å². The molecule has 0 bridgehead atoms. The summed E-state index contributed by atoms with van der Waals surface area (Å²) < 4.78 is 0. The highest BCUT2D eigenvalue weighted by Crippen LogP contribution is 2.58. The van der Waals surface area contributed by atoms with E-state index in [1.54, 1.807) is 25.2 Å². The summed E-state index contributed by atoms with van der Waals surface area (Å²) in [5.41, 5.74) is 6.08. The van der Waals surface area contributed by atoms with Gasteiger partial charge in [0.15, 0.2) is 0 Å². The summed E-state index contributed by atoms with van der Waals surface area (Å²) >= 11 is 0. The highest BCUT2D eigenvalue weighted by Gasteiger charge is 2.61. The third-order valence-corrected chi connectivity index (χ3v) is 4.06. The van der Waals surface area contributed by atoms with Gasteiger partial charge in [-0.25, -0.2) is 0 Å². The van der Waals surface area contributed by atoms with E-state index in [0.717, 1.165) is 12.0 Å². The van der Waals surface area contributed by atoms with Crippen molar-refractivity contribution in [2.45, 2.75) is 27.2 Å². The molecule has 0 heterocycles. The van der Waals surface area contributed by atoms with Crippen LogP contribution in [0.15, 0.2) is 36.1 Å². The first kappa shape index (κ1) is 16.5. The van der Waals surface area contributed by atoms with Gasteiger partial charge in [0.05, 0.1) is 11.2 Å². The number of amides is 1. The van der Waals surface area contributed by atoms with Gasteiger partial charge >= 0.3 is 0 Å². The third kappa shape index (κ3) is 2.96. The number of carbonyl (C=O) groups excluding carboxylic acids is 1. The normalized spacial score (nSPS) is 26.3. The molecule has 0 aromatic rings. The Morgan fingerprint density at radius 3 is 2.40 bits per heavy atom. The fourth-order valence-corrected chi connectivity index (χ4v) is 2.76. The molecule has 1 saturated carbocycles. The Labute approximate surface area is 121 Å². The second-order valence-electron chi connectivity index (χ2n) is 5.22. The zero-order valence-electron chi connectivity index (χ0n) is 12.7. The molecule has 0 aliphatic heterocycles. The van der Waals surface area contributed by atoms with Crippen LogP contribution in [0.3, 0.4) is 0 Å². The van der Waals surface area contributed by atoms with Crippen molar-refractivity contribution in [2.24, 2.45) is 17.1 Å². The van der Waals surface area contributed by atoms with Gasteiger partial charge in [0, 0.05) is 13.1 Å². The zero-order valence-corrected chi connectivity index (χ0v) is 12.7. The van der Waals surface area contributed by atoms with Crippen LogP contribution >= 0.6 is 0 Å². The molecule has 0 aromatic carbocycles. The number of hydrogen-bond acceptors (Lipinski definition) is 3. The van der Waals surface area contributed by atoms with Crippen molar-refractivity contribution in [2.75, 3.05) is 19.6 Å². The van der Waals surface area contributed by atoms with Crippen LogP contribution in [-0.4, -0.2) is 35.5 Å². The smallest absolute Gasteiger partial charge is 0.233 e. The van der Waals surface area contributed by atoms with Gasteiger partial charge in [0.2, 0.25) is 5.91 Å². The lowest BCUT2D eigenvalue weighted by Gasteiger charge is -2.27. The maximum atomic E-state index is 12.8. The third-order valence-electron chi connectivity index (χ3n) is 4.06. The minimum absolute atomic E-state index is 0.119. The van der Waals surface area contributed by atoms with E-state index in [0.29, 0.717) is 19.6 Å². The Morgan fingerprint density at radius 1 is 1.45 bits per heavy atom. The van der Waals surface area contributed by atoms with Gasteiger partial charge in [0.25, 0.3) is 0 Å². The summed E-state index contributed by atoms with van der Waals surface area (Å²) in [6.45, 7) is 11.2. The van der Waals surface area contributed by atoms with Crippen molar-refractivity contribution in [1.82, 2.24) is 4.90 Å². The molecule has 4 nitrogen and oxygen atoms in total. The predicted molar refractivity (Wildman–Crippen MR) is 82.2 cm³/mol. The second kappa shape index (κ2) is 6.75. The van der Waals surface area contributed by atoms with Crippen LogP contribution in [0.1, 0.15) is 27.2 Å². The maximum absolute atomic E-state index is 12.8. The lowest BCUT2D eigenvalue weighted by molar-refractivity contribution is -0.135. The van der Waals surface area contributed by atoms with E-state index in [2.05, 4.69) is 6.58 Å². The van der Waals surface area contributed by atoms with Gasteiger partial charge in [-0.15, -0.1) is 0 Å². The topological polar surface area (TPSA) is 66.6 Å². The highest BCUT2D eigenvalue weighted by atomic mass is 16.3.